The maximum Gasteiger partial charge on any atom is 0.200 e. The van der Waals surface area contributed by atoms with E-state index in [0.717, 1.165) is 10.2 Å². The topological polar surface area (TPSA) is 47.8 Å². The summed E-state index contributed by atoms with van der Waals surface area (Å²) in [5.41, 5.74) is 1.37. The van der Waals surface area contributed by atoms with Crippen molar-refractivity contribution in [3.8, 4) is 0 Å². The Hall–Kier alpha value is -1.49. The highest BCUT2D eigenvalue weighted by Crippen LogP contribution is 2.08. The zero-order valence-corrected chi connectivity index (χ0v) is 10.3. The molecule has 0 radical (unpaired) electrons. The van der Waals surface area contributed by atoms with E-state index in [2.05, 4.69) is 25.9 Å². The molecule has 0 saturated carbocycles. The lowest BCUT2D eigenvalue weighted by molar-refractivity contribution is 0.0967. The summed E-state index contributed by atoms with van der Waals surface area (Å²) in [5, 5.41) is 0. The van der Waals surface area contributed by atoms with Crippen LogP contribution in [0.4, 0.5) is 0 Å². The molecule has 16 heavy (non-hydrogen) atoms. The van der Waals surface area contributed by atoms with E-state index in [-0.39, 0.29) is 12.3 Å². The highest BCUT2D eigenvalue weighted by atomic mass is 79.9. The van der Waals surface area contributed by atoms with Gasteiger partial charge in [0.2, 0.25) is 5.78 Å². The Balaban J connectivity index is 2.11. The Bertz CT molecular complexity index is 504. The van der Waals surface area contributed by atoms with E-state index < -0.39 is 0 Å². The molecule has 5 heteroatoms. The third kappa shape index (κ3) is 2.55. The van der Waals surface area contributed by atoms with Gasteiger partial charge in [0, 0.05) is 16.9 Å². The quantitative estimate of drug-likeness (QED) is 0.810. The van der Waals surface area contributed by atoms with E-state index in [1.54, 1.807) is 29.2 Å². The van der Waals surface area contributed by atoms with Crippen molar-refractivity contribution in [2.75, 3.05) is 0 Å². The molecule has 2 heterocycles. The summed E-state index contributed by atoms with van der Waals surface area (Å²) < 4.78 is 2.61. The summed E-state index contributed by atoms with van der Waals surface area (Å²) in [5.74, 6) is -0.0232. The minimum atomic E-state index is -0.0232. The number of pyridine rings is 1. The van der Waals surface area contributed by atoms with E-state index in [0.29, 0.717) is 5.69 Å². The largest absolute Gasteiger partial charge is 0.329 e. The Morgan fingerprint density at radius 2 is 2.25 bits per heavy atom. The van der Waals surface area contributed by atoms with E-state index >= 15 is 0 Å². The molecular weight excluding hydrogens is 270 g/mol. The van der Waals surface area contributed by atoms with Crippen LogP contribution in [-0.4, -0.2) is 20.3 Å². The molecule has 2 aromatic heterocycles. The summed E-state index contributed by atoms with van der Waals surface area (Å²) in [7, 11) is 0. The lowest BCUT2D eigenvalue weighted by Crippen LogP contribution is -2.10. The van der Waals surface area contributed by atoms with Gasteiger partial charge in [0.25, 0.3) is 0 Å². The molecule has 0 saturated heterocycles. The molecule has 2 aromatic rings. The first-order chi connectivity index (χ1) is 7.65. The lowest BCUT2D eigenvalue weighted by Gasteiger charge is -2.01. The third-order valence-electron chi connectivity index (χ3n) is 2.10. The first kappa shape index (κ1) is 11.0. The van der Waals surface area contributed by atoms with Gasteiger partial charge in [0.15, 0.2) is 0 Å². The van der Waals surface area contributed by atoms with Crippen molar-refractivity contribution in [1.29, 1.82) is 0 Å². The van der Waals surface area contributed by atoms with Gasteiger partial charge in [-0.25, -0.2) is 4.98 Å². The van der Waals surface area contributed by atoms with Crippen LogP contribution in [0.1, 0.15) is 16.2 Å². The van der Waals surface area contributed by atoms with Crippen molar-refractivity contribution in [2.24, 2.45) is 0 Å². The van der Waals surface area contributed by atoms with Gasteiger partial charge in [-0.05, 0) is 35.0 Å². The molecule has 0 atom stereocenters. The van der Waals surface area contributed by atoms with Crippen molar-refractivity contribution in [1.82, 2.24) is 14.5 Å². The molecule has 0 aliphatic rings. The number of hydrogen-bond acceptors (Lipinski definition) is 3. The van der Waals surface area contributed by atoms with Gasteiger partial charge in [0.05, 0.1) is 18.6 Å². The number of carbonyl (C=O) groups excluding carboxylic acids is 1. The Morgan fingerprint density at radius 3 is 2.81 bits per heavy atom. The average Bonchev–Trinajstić information content (AvgIpc) is 2.65. The number of aromatic nitrogens is 3. The third-order valence-corrected chi connectivity index (χ3v) is 2.57. The molecule has 0 N–H and O–H groups in total. The first-order valence-corrected chi connectivity index (χ1v) is 5.57. The van der Waals surface area contributed by atoms with E-state index in [9.17, 15) is 4.79 Å². The standard InChI is InChI=1S/C11H10BrN3O/c1-8-5-15(7-14-8)6-11(16)10-3-2-9(12)4-13-10/h2-5,7H,6H2,1H3. The Kier molecular flexibility index (Phi) is 3.14. The second kappa shape index (κ2) is 4.57. The van der Waals surface area contributed by atoms with Crippen LogP contribution in [0, 0.1) is 6.92 Å². The second-order valence-corrected chi connectivity index (χ2v) is 4.39. The minimum absolute atomic E-state index is 0.0232. The smallest absolute Gasteiger partial charge is 0.200 e. The molecule has 0 aliphatic carbocycles. The number of rotatable bonds is 3. The fraction of sp³-hybridized carbons (Fsp3) is 0.182. The van der Waals surface area contributed by atoms with Crippen LogP contribution < -0.4 is 0 Å². The molecule has 0 fully saturated rings. The van der Waals surface area contributed by atoms with Crippen LogP contribution in [0.15, 0.2) is 35.3 Å². The van der Waals surface area contributed by atoms with Gasteiger partial charge in [-0.15, -0.1) is 0 Å². The molecule has 0 aromatic carbocycles. The summed E-state index contributed by atoms with van der Waals surface area (Å²) in [4.78, 5) is 19.9. The number of imidazole rings is 1. The molecular formula is C11H10BrN3O. The number of Topliss-reactive ketones (excluding diaryl/α,β-unsaturated/α-hetero) is 1. The highest BCUT2D eigenvalue weighted by Gasteiger charge is 2.07. The molecule has 82 valence electrons. The number of nitrogens with zero attached hydrogens (tertiary/aromatic N) is 3. The number of aryl methyl sites for hydroxylation is 1. The minimum Gasteiger partial charge on any atom is -0.329 e. The summed E-state index contributed by atoms with van der Waals surface area (Å²) in [6.45, 7) is 2.16. The van der Waals surface area contributed by atoms with Gasteiger partial charge in [-0.2, -0.15) is 0 Å². The van der Waals surface area contributed by atoms with Crippen molar-refractivity contribution < 1.29 is 4.79 Å². The fourth-order valence-corrected chi connectivity index (χ4v) is 1.58. The molecule has 0 aliphatic heterocycles. The van der Waals surface area contributed by atoms with Gasteiger partial charge in [0.1, 0.15) is 5.69 Å². The monoisotopic (exact) mass is 279 g/mol. The number of carbonyl (C=O) groups is 1. The van der Waals surface area contributed by atoms with Crippen LogP contribution in [0.5, 0.6) is 0 Å². The van der Waals surface area contributed by atoms with Crippen LogP contribution >= 0.6 is 15.9 Å². The summed E-state index contributed by atoms with van der Waals surface area (Å²) in [6, 6.07) is 3.51. The van der Waals surface area contributed by atoms with Crippen LogP contribution in [0.3, 0.4) is 0 Å². The van der Waals surface area contributed by atoms with Crippen LogP contribution in [-0.2, 0) is 6.54 Å². The predicted octanol–water partition coefficient (Wildman–Crippen LogP) is 2.23. The van der Waals surface area contributed by atoms with Crippen molar-refractivity contribution in [3.05, 3.63) is 46.7 Å². The fourth-order valence-electron chi connectivity index (χ4n) is 1.35. The zero-order chi connectivity index (χ0) is 11.5. The van der Waals surface area contributed by atoms with Gasteiger partial charge >= 0.3 is 0 Å². The van der Waals surface area contributed by atoms with E-state index in [4.69, 9.17) is 0 Å². The highest BCUT2D eigenvalue weighted by molar-refractivity contribution is 9.10. The van der Waals surface area contributed by atoms with Crippen molar-refractivity contribution in [2.45, 2.75) is 13.5 Å². The molecule has 0 spiro atoms. The molecule has 0 amide bonds. The molecule has 2 rings (SSSR count). The Morgan fingerprint density at radius 1 is 1.44 bits per heavy atom. The molecule has 0 unspecified atom stereocenters. The summed E-state index contributed by atoms with van der Waals surface area (Å²) in [6.07, 6.45) is 5.09. The number of hydrogen-bond donors (Lipinski definition) is 0. The van der Waals surface area contributed by atoms with Gasteiger partial charge in [-0.1, -0.05) is 0 Å². The maximum absolute atomic E-state index is 11.8. The Labute approximate surface area is 101 Å². The lowest BCUT2D eigenvalue weighted by atomic mass is 10.2. The van der Waals surface area contributed by atoms with Gasteiger partial charge in [-0.3, -0.25) is 9.78 Å². The van der Waals surface area contributed by atoms with Crippen LogP contribution in [0.25, 0.3) is 0 Å². The van der Waals surface area contributed by atoms with Gasteiger partial charge < -0.3 is 4.57 Å². The molecule has 4 nitrogen and oxygen atoms in total. The van der Waals surface area contributed by atoms with Crippen molar-refractivity contribution in [3.63, 3.8) is 0 Å². The first-order valence-electron chi connectivity index (χ1n) is 4.78. The molecule has 0 bridgehead atoms. The number of halogens is 1. The normalized spacial score (nSPS) is 10.4. The predicted molar refractivity (Wildman–Crippen MR) is 63.2 cm³/mol. The van der Waals surface area contributed by atoms with E-state index in [1.165, 1.54) is 0 Å². The van der Waals surface area contributed by atoms with Crippen molar-refractivity contribution >= 4 is 21.7 Å². The SMILES string of the molecule is Cc1cn(CC(=O)c2ccc(Br)cn2)cn1. The maximum atomic E-state index is 11.8. The van der Waals surface area contributed by atoms with Crippen LogP contribution in [0.2, 0.25) is 0 Å². The zero-order valence-electron chi connectivity index (χ0n) is 8.72. The second-order valence-electron chi connectivity index (χ2n) is 3.47. The summed E-state index contributed by atoms with van der Waals surface area (Å²) >= 11 is 3.28. The number of ketones is 1. The average molecular weight is 280 g/mol. The van der Waals surface area contributed by atoms with E-state index in [1.807, 2.05) is 13.1 Å².